The highest BCUT2D eigenvalue weighted by Gasteiger charge is 2.19. The van der Waals surface area contributed by atoms with Crippen molar-refractivity contribution in [3.63, 3.8) is 0 Å². The Balaban J connectivity index is 1.98. The minimum atomic E-state index is -0.107. The van der Waals surface area contributed by atoms with Crippen LogP contribution in [0.25, 0.3) is 0 Å². The maximum absolute atomic E-state index is 11.2. The van der Waals surface area contributed by atoms with E-state index < -0.39 is 0 Å². The van der Waals surface area contributed by atoms with Gasteiger partial charge in [0, 0.05) is 22.7 Å². The molecular formula is C16H19N3O2S. The van der Waals surface area contributed by atoms with Crippen LogP contribution in [0.15, 0.2) is 34.9 Å². The van der Waals surface area contributed by atoms with Crippen molar-refractivity contribution in [2.24, 2.45) is 0 Å². The minimum absolute atomic E-state index is 0.0320. The fraction of sp³-hybridized carbons (Fsp3) is 0.312. The van der Waals surface area contributed by atoms with E-state index in [0.717, 1.165) is 11.4 Å². The van der Waals surface area contributed by atoms with Crippen molar-refractivity contribution in [3.05, 3.63) is 41.7 Å². The zero-order valence-electron chi connectivity index (χ0n) is 13.1. The van der Waals surface area contributed by atoms with E-state index in [4.69, 9.17) is 16.7 Å². The molecule has 0 aliphatic heterocycles. The third-order valence-corrected chi connectivity index (χ3v) is 3.24. The van der Waals surface area contributed by atoms with Gasteiger partial charge in [0.05, 0.1) is 0 Å². The van der Waals surface area contributed by atoms with Gasteiger partial charge in [0.15, 0.2) is 16.7 Å². The van der Waals surface area contributed by atoms with Crippen LogP contribution in [-0.2, 0) is 5.41 Å². The van der Waals surface area contributed by atoms with Gasteiger partial charge in [-0.2, -0.15) is 0 Å². The molecule has 5 nitrogen and oxygen atoms in total. The number of thiocarbonyl (C=S) groups is 1. The lowest BCUT2D eigenvalue weighted by atomic mass is 9.93. The van der Waals surface area contributed by atoms with Crippen LogP contribution in [0.3, 0.4) is 0 Å². The van der Waals surface area contributed by atoms with Crippen molar-refractivity contribution in [3.8, 4) is 0 Å². The van der Waals surface area contributed by atoms with Crippen LogP contribution in [0, 0.1) is 0 Å². The van der Waals surface area contributed by atoms with Gasteiger partial charge in [0.25, 0.3) is 0 Å². The molecule has 0 radical (unpaired) electrons. The summed E-state index contributed by atoms with van der Waals surface area (Å²) in [5, 5.41) is 10.4. The topological polar surface area (TPSA) is 67.2 Å². The Hall–Kier alpha value is -2.21. The summed E-state index contributed by atoms with van der Waals surface area (Å²) in [6.45, 7) is 7.67. The first-order chi connectivity index (χ1) is 10.3. The SMILES string of the molecule is CC(=O)c1ccc(NC(=S)Nc2cc(C(C)(C)C)on2)cc1. The molecular weight excluding hydrogens is 298 g/mol. The van der Waals surface area contributed by atoms with Crippen LogP contribution in [0.1, 0.15) is 43.8 Å². The summed E-state index contributed by atoms with van der Waals surface area (Å²) in [6.07, 6.45) is 0. The van der Waals surface area contributed by atoms with E-state index in [1.165, 1.54) is 6.92 Å². The molecule has 0 spiro atoms. The number of anilines is 2. The summed E-state index contributed by atoms with van der Waals surface area (Å²) in [6, 6.07) is 8.93. The van der Waals surface area contributed by atoms with E-state index in [0.29, 0.717) is 16.5 Å². The third kappa shape index (κ3) is 4.14. The summed E-state index contributed by atoms with van der Waals surface area (Å²) in [7, 11) is 0. The van der Waals surface area contributed by atoms with Crippen LogP contribution >= 0.6 is 12.2 Å². The number of carbonyl (C=O) groups excluding carboxylic acids is 1. The Kier molecular flexibility index (Phi) is 4.61. The number of benzene rings is 1. The lowest BCUT2D eigenvalue weighted by molar-refractivity contribution is 0.101. The highest BCUT2D eigenvalue weighted by molar-refractivity contribution is 7.80. The number of hydrogen-bond donors (Lipinski definition) is 2. The number of hydrogen-bond acceptors (Lipinski definition) is 4. The maximum atomic E-state index is 11.2. The largest absolute Gasteiger partial charge is 0.359 e. The first kappa shape index (κ1) is 16.2. The predicted molar refractivity (Wildman–Crippen MR) is 91.5 cm³/mol. The molecule has 0 aliphatic carbocycles. The third-order valence-electron chi connectivity index (χ3n) is 3.04. The van der Waals surface area contributed by atoms with Crippen molar-refractivity contribution in [2.45, 2.75) is 33.1 Å². The lowest BCUT2D eigenvalue weighted by Crippen LogP contribution is -2.19. The second-order valence-electron chi connectivity index (χ2n) is 6.04. The fourth-order valence-corrected chi connectivity index (χ4v) is 1.98. The molecule has 22 heavy (non-hydrogen) atoms. The number of aromatic nitrogens is 1. The molecule has 1 aromatic carbocycles. The van der Waals surface area contributed by atoms with Gasteiger partial charge in [-0.15, -0.1) is 0 Å². The molecule has 0 saturated heterocycles. The van der Waals surface area contributed by atoms with Crippen molar-refractivity contribution in [1.29, 1.82) is 0 Å². The molecule has 0 amide bonds. The summed E-state index contributed by atoms with van der Waals surface area (Å²) in [5.41, 5.74) is 1.35. The average molecular weight is 317 g/mol. The molecule has 0 atom stereocenters. The van der Waals surface area contributed by atoms with Gasteiger partial charge in [-0.3, -0.25) is 4.79 Å². The van der Waals surface area contributed by atoms with Gasteiger partial charge in [0.2, 0.25) is 0 Å². The van der Waals surface area contributed by atoms with Gasteiger partial charge >= 0.3 is 0 Å². The van der Waals surface area contributed by atoms with Gasteiger partial charge in [-0.1, -0.05) is 25.9 Å². The molecule has 0 aliphatic rings. The van der Waals surface area contributed by atoms with Gasteiger partial charge in [-0.25, -0.2) is 0 Å². The van der Waals surface area contributed by atoms with Gasteiger partial charge < -0.3 is 15.2 Å². The Bertz CT molecular complexity index is 684. The molecule has 0 fully saturated rings. The van der Waals surface area contributed by atoms with E-state index in [1.807, 2.05) is 26.8 Å². The molecule has 1 aromatic heterocycles. The average Bonchev–Trinajstić information content (AvgIpc) is 2.87. The smallest absolute Gasteiger partial charge is 0.176 e. The molecule has 0 saturated carbocycles. The van der Waals surface area contributed by atoms with Crippen LogP contribution in [0.4, 0.5) is 11.5 Å². The number of ketones is 1. The zero-order valence-corrected chi connectivity index (χ0v) is 13.9. The molecule has 116 valence electrons. The molecule has 2 aromatic rings. The monoisotopic (exact) mass is 317 g/mol. The molecule has 2 N–H and O–H groups in total. The van der Waals surface area contributed by atoms with Crippen LogP contribution in [0.2, 0.25) is 0 Å². The first-order valence-corrected chi connectivity index (χ1v) is 7.33. The second kappa shape index (κ2) is 6.27. The molecule has 1 heterocycles. The van der Waals surface area contributed by atoms with Crippen LogP contribution in [-0.4, -0.2) is 16.1 Å². The van der Waals surface area contributed by atoms with Crippen molar-refractivity contribution in [1.82, 2.24) is 5.16 Å². The Morgan fingerprint density at radius 3 is 2.32 bits per heavy atom. The minimum Gasteiger partial charge on any atom is -0.359 e. The summed E-state index contributed by atoms with van der Waals surface area (Å²) >= 11 is 5.23. The van der Waals surface area contributed by atoms with E-state index in [-0.39, 0.29) is 11.2 Å². The number of carbonyl (C=O) groups is 1. The van der Waals surface area contributed by atoms with E-state index in [1.54, 1.807) is 24.3 Å². The normalized spacial score (nSPS) is 11.1. The van der Waals surface area contributed by atoms with E-state index in [9.17, 15) is 4.79 Å². The molecule has 6 heteroatoms. The standard InChI is InChI=1S/C16H19N3O2S/c1-10(20)11-5-7-12(8-6-11)17-15(22)18-14-9-13(21-19-14)16(2,3)4/h5-9H,1-4H3,(H2,17,18,19,22). The highest BCUT2D eigenvalue weighted by atomic mass is 32.1. The zero-order chi connectivity index (χ0) is 16.3. The van der Waals surface area contributed by atoms with Crippen LogP contribution < -0.4 is 10.6 Å². The number of rotatable bonds is 3. The Morgan fingerprint density at radius 1 is 1.18 bits per heavy atom. The molecule has 0 bridgehead atoms. The van der Waals surface area contributed by atoms with E-state index >= 15 is 0 Å². The second-order valence-corrected chi connectivity index (χ2v) is 6.45. The number of nitrogens with zero attached hydrogens (tertiary/aromatic N) is 1. The number of Topliss-reactive ketones (excluding diaryl/α,β-unsaturated/α-hetero) is 1. The molecule has 2 rings (SSSR count). The van der Waals surface area contributed by atoms with Crippen molar-refractivity contribution in [2.75, 3.05) is 10.6 Å². The Morgan fingerprint density at radius 2 is 1.82 bits per heavy atom. The summed E-state index contributed by atoms with van der Waals surface area (Å²) in [5.74, 6) is 1.37. The van der Waals surface area contributed by atoms with Gasteiger partial charge in [0.1, 0.15) is 5.76 Å². The highest BCUT2D eigenvalue weighted by Crippen LogP contribution is 2.24. The lowest BCUT2D eigenvalue weighted by Gasteiger charge is -2.12. The van der Waals surface area contributed by atoms with Crippen LogP contribution in [0.5, 0.6) is 0 Å². The van der Waals surface area contributed by atoms with Crippen molar-refractivity contribution < 1.29 is 9.32 Å². The summed E-state index contributed by atoms with van der Waals surface area (Å²) in [4.78, 5) is 11.2. The van der Waals surface area contributed by atoms with Crippen molar-refractivity contribution >= 4 is 34.6 Å². The first-order valence-electron chi connectivity index (χ1n) is 6.92. The molecule has 0 unspecified atom stereocenters. The fourth-order valence-electron chi connectivity index (χ4n) is 1.75. The number of nitrogens with one attached hydrogen (secondary N) is 2. The van der Waals surface area contributed by atoms with E-state index in [2.05, 4.69) is 15.8 Å². The predicted octanol–water partition coefficient (Wildman–Crippen LogP) is 3.98. The Labute approximate surface area is 135 Å². The quantitative estimate of drug-likeness (QED) is 0.659. The maximum Gasteiger partial charge on any atom is 0.176 e. The summed E-state index contributed by atoms with van der Waals surface area (Å²) < 4.78 is 5.28. The van der Waals surface area contributed by atoms with Gasteiger partial charge in [-0.05, 0) is 43.4 Å².